The summed E-state index contributed by atoms with van der Waals surface area (Å²) in [6.07, 6.45) is 3.62. The molecule has 0 aromatic carbocycles. The minimum absolute atomic E-state index is 0.315. The number of carbonyl (C=O) groups is 1. The van der Waals surface area contributed by atoms with E-state index < -0.39 is 0 Å². The first-order chi connectivity index (χ1) is 7.24. The SMILES string of the molecule is CC(=O)CCN1CCN(CC2CC2)CC1. The van der Waals surface area contributed by atoms with Crippen LogP contribution in [-0.4, -0.2) is 54.9 Å². The van der Waals surface area contributed by atoms with E-state index in [9.17, 15) is 4.79 Å². The molecule has 1 aliphatic heterocycles. The van der Waals surface area contributed by atoms with E-state index in [1.807, 2.05) is 0 Å². The lowest BCUT2D eigenvalue weighted by Crippen LogP contribution is -2.47. The van der Waals surface area contributed by atoms with E-state index in [-0.39, 0.29) is 0 Å². The molecule has 0 atom stereocenters. The Morgan fingerprint density at radius 3 is 2.27 bits per heavy atom. The van der Waals surface area contributed by atoms with Crippen LogP contribution in [0.2, 0.25) is 0 Å². The number of carbonyl (C=O) groups excluding carboxylic acids is 1. The second kappa shape index (κ2) is 5.08. The molecule has 1 saturated heterocycles. The van der Waals surface area contributed by atoms with Crippen molar-refractivity contribution in [2.75, 3.05) is 39.3 Å². The molecular formula is C12H22N2O. The number of piperazine rings is 1. The van der Waals surface area contributed by atoms with Gasteiger partial charge in [0.15, 0.2) is 0 Å². The summed E-state index contributed by atoms with van der Waals surface area (Å²) in [7, 11) is 0. The summed E-state index contributed by atoms with van der Waals surface area (Å²) in [5.74, 6) is 1.32. The second-order valence-electron chi connectivity index (χ2n) is 5.04. The fourth-order valence-electron chi connectivity index (χ4n) is 2.18. The van der Waals surface area contributed by atoms with Crippen LogP contribution in [0.25, 0.3) is 0 Å². The van der Waals surface area contributed by atoms with Gasteiger partial charge < -0.3 is 9.80 Å². The van der Waals surface area contributed by atoms with Gasteiger partial charge in [-0.25, -0.2) is 0 Å². The van der Waals surface area contributed by atoms with E-state index in [0.29, 0.717) is 5.78 Å². The fourth-order valence-corrected chi connectivity index (χ4v) is 2.18. The van der Waals surface area contributed by atoms with E-state index in [0.717, 1.165) is 32.0 Å². The number of hydrogen-bond acceptors (Lipinski definition) is 3. The second-order valence-corrected chi connectivity index (χ2v) is 5.04. The van der Waals surface area contributed by atoms with E-state index in [4.69, 9.17) is 0 Å². The molecule has 3 nitrogen and oxygen atoms in total. The summed E-state index contributed by atoms with van der Waals surface area (Å²) >= 11 is 0. The highest BCUT2D eigenvalue weighted by Gasteiger charge is 2.26. The van der Waals surface area contributed by atoms with Crippen LogP contribution < -0.4 is 0 Å². The Balaban J connectivity index is 1.60. The number of rotatable bonds is 5. The first-order valence-corrected chi connectivity index (χ1v) is 6.18. The molecule has 3 heteroatoms. The van der Waals surface area contributed by atoms with Gasteiger partial charge in [-0.1, -0.05) is 0 Å². The van der Waals surface area contributed by atoms with Crippen molar-refractivity contribution in [2.24, 2.45) is 5.92 Å². The third-order valence-electron chi connectivity index (χ3n) is 3.46. The molecule has 0 amide bonds. The molecule has 2 rings (SSSR count). The Morgan fingerprint density at radius 1 is 1.13 bits per heavy atom. The van der Waals surface area contributed by atoms with Gasteiger partial charge in [-0.3, -0.25) is 4.79 Å². The molecular weight excluding hydrogens is 188 g/mol. The van der Waals surface area contributed by atoms with Crippen molar-refractivity contribution in [3.8, 4) is 0 Å². The Hall–Kier alpha value is -0.410. The Bertz CT molecular complexity index is 218. The van der Waals surface area contributed by atoms with Crippen LogP contribution in [0.1, 0.15) is 26.2 Å². The minimum Gasteiger partial charge on any atom is -0.301 e. The quantitative estimate of drug-likeness (QED) is 0.676. The monoisotopic (exact) mass is 210 g/mol. The predicted octanol–water partition coefficient (Wildman–Crippen LogP) is 0.993. The summed E-state index contributed by atoms with van der Waals surface area (Å²) in [5.41, 5.74) is 0. The van der Waals surface area contributed by atoms with Crippen LogP contribution >= 0.6 is 0 Å². The molecule has 0 aromatic heterocycles. The van der Waals surface area contributed by atoms with Crippen molar-refractivity contribution in [2.45, 2.75) is 26.2 Å². The van der Waals surface area contributed by atoms with Crippen molar-refractivity contribution in [3.05, 3.63) is 0 Å². The molecule has 86 valence electrons. The highest BCUT2D eigenvalue weighted by atomic mass is 16.1. The smallest absolute Gasteiger partial charge is 0.131 e. The average Bonchev–Trinajstić information content (AvgIpc) is 3.01. The maximum atomic E-state index is 10.9. The summed E-state index contributed by atoms with van der Waals surface area (Å²) in [5, 5.41) is 0. The lowest BCUT2D eigenvalue weighted by atomic mass is 10.2. The van der Waals surface area contributed by atoms with Crippen molar-refractivity contribution in [3.63, 3.8) is 0 Å². The molecule has 0 spiro atoms. The largest absolute Gasteiger partial charge is 0.301 e. The van der Waals surface area contributed by atoms with E-state index in [2.05, 4.69) is 9.80 Å². The molecule has 2 aliphatic rings. The average molecular weight is 210 g/mol. The number of Topliss-reactive ketones (excluding diaryl/α,β-unsaturated/α-hetero) is 1. The molecule has 0 bridgehead atoms. The van der Waals surface area contributed by atoms with Gasteiger partial charge in [0.2, 0.25) is 0 Å². The van der Waals surface area contributed by atoms with Crippen LogP contribution in [0.4, 0.5) is 0 Å². The molecule has 0 N–H and O–H groups in total. The van der Waals surface area contributed by atoms with Gasteiger partial charge in [-0.15, -0.1) is 0 Å². The van der Waals surface area contributed by atoms with Crippen LogP contribution in [0.15, 0.2) is 0 Å². The van der Waals surface area contributed by atoms with Gasteiger partial charge in [-0.2, -0.15) is 0 Å². The van der Waals surface area contributed by atoms with Gasteiger partial charge in [-0.05, 0) is 25.7 Å². The number of hydrogen-bond donors (Lipinski definition) is 0. The standard InChI is InChI=1S/C12H22N2O/c1-11(15)4-5-13-6-8-14(9-7-13)10-12-2-3-12/h12H,2-10H2,1H3. The zero-order valence-corrected chi connectivity index (χ0v) is 9.74. The third-order valence-corrected chi connectivity index (χ3v) is 3.46. The minimum atomic E-state index is 0.315. The third kappa shape index (κ3) is 3.92. The topological polar surface area (TPSA) is 23.6 Å². The van der Waals surface area contributed by atoms with E-state index in [1.165, 1.54) is 32.5 Å². The van der Waals surface area contributed by atoms with Crippen LogP contribution in [0, 0.1) is 5.92 Å². The summed E-state index contributed by atoms with van der Waals surface area (Å²) < 4.78 is 0. The van der Waals surface area contributed by atoms with E-state index in [1.54, 1.807) is 6.92 Å². The molecule has 0 aromatic rings. The molecule has 0 radical (unpaired) electrons. The Labute approximate surface area is 92.4 Å². The zero-order chi connectivity index (χ0) is 10.7. The first kappa shape index (κ1) is 11.1. The van der Waals surface area contributed by atoms with Gasteiger partial charge in [0.05, 0.1) is 0 Å². The summed E-state index contributed by atoms with van der Waals surface area (Å²) in [6, 6.07) is 0. The van der Waals surface area contributed by atoms with Crippen molar-refractivity contribution in [1.29, 1.82) is 0 Å². The molecule has 2 fully saturated rings. The van der Waals surface area contributed by atoms with Gasteiger partial charge in [0.25, 0.3) is 0 Å². The van der Waals surface area contributed by atoms with E-state index >= 15 is 0 Å². The van der Waals surface area contributed by atoms with Crippen LogP contribution in [-0.2, 0) is 4.79 Å². The predicted molar refractivity (Wildman–Crippen MR) is 60.9 cm³/mol. The number of ketones is 1. The zero-order valence-electron chi connectivity index (χ0n) is 9.74. The van der Waals surface area contributed by atoms with Crippen LogP contribution in [0.5, 0.6) is 0 Å². The van der Waals surface area contributed by atoms with Gasteiger partial charge >= 0.3 is 0 Å². The molecule has 0 unspecified atom stereocenters. The molecule has 1 heterocycles. The van der Waals surface area contributed by atoms with Crippen molar-refractivity contribution in [1.82, 2.24) is 9.80 Å². The maximum Gasteiger partial charge on any atom is 0.131 e. The van der Waals surface area contributed by atoms with Crippen molar-refractivity contribution >= 4 is 5.78 Å². The number of nitrogens with zero attached hydrogens (tertiary/aromatic N) is 2. The Kier molecular flexibility index (Phi) is 3.76. The van der Waals surface area contributed by atoms with Crippen LogP contribution in [0.3, 0.4) is 0 Å². The highest BCUT2D eigenvalue weighted by Crippen LogP contribution is 2.29. The highest BCUT2D eigenvalue weighted by molar-refractivity contribution is 5.75. The molecule has 15 heavy (non-hydrogen) atoms. The molecule has 1 aliphatic carbocycles. The summed E-state index contributed by atoms with van der Waals surface area (Å²) in [6.45, 7) is 8.68. The Morgan fingerprint density at radius 2 is 1.73 bits per heavy atom. The lowest BCUT2D eigenvalue weighted by molar-refractivity contribution is -0.117. The maximum absolute atomic E-state index is 10.9. The first-order valence-electron chi connectivity index (χ1n) is 6.18. The van der Waals surface area contributed by atoms with Crippen molar-refractivity contribution < 1.29 is 4.79 Å². The lowest BCUT2D eigenvalue weighted by Gasteiger charge is -2.34. The van der Waals surface area contributed by atoms with Gasteiger partial charge in [0, 0.05) is 45.7 Å². The molecule has 1 saturated carbocycles. The van der Waals surface area contributed by atoms with Gasteiger partial charge in [0.1, 0.15) is 5.78 Å². The normalized spacial score (nSPS) is 24.3. The summed E-state index contributed by atoms with van der Waals surface area (Å²) in [4.78, 5) is 15.9. The fraction of sp³-hybridized carbons (Fsp3) is 0.917.